The van der Waals surface area contributed by atoms with Crippen LogP contribution in [0.15, 0.2) is 65.8 Å². The van der Waals surface area contributed by atoms with Crippen LogP contribution in [0.3, 0.4) is 0 Å². The lowest BCUT2D eigenvalue weighted by Gasteiger charge is -2.28. The maximum atomic E-state index is 12.8. The van der Waals surface area contributed by atoms with Crippen molar-refractivity contribution in [3.8, 4) is 0 Å². The zero-order chi connectivity index (χ0) is 27.4. The van der Waals surface area contributed by atoms with Gasteiger partial charge in [-0.2, -0.15) is 4.99 Å². The number of aliphatic hydroxyl groups is 1. The predicted octanol–water partition coefficient (Wildman–Crippen LogP) is 2.12. The van der Waals surface area contributed by atoms with Gasteiger partial charge in [-0.05, 0) is 43.7 Å². The second kappa shape index (κ2) is 11.6. The molecule has 0 spiro atoms. The van der Waals surface area contributed by atoms with Gasteiger partial charge in [0.2, 0.25) is 6.67 Å². The van der Waals surface area contributed by atoms with Crippen molar-refractivity contribution in [1.29, 1.82) is 0 Å². The summed E-state index contributed by atoms with van der Waals surface area (Å²) in [6.07, 6.45) is 6.54. The van der Waals surface area contributed by atoms with E-state index in [9.17, 15) is 14.7 Å². The van der Waals surface area contributed by atoms with E-state index in [1.54, 1.807) is 36.4 Å². The molecule has 203 valence electrons. The van der Waals surface area contributed by atoms with Crippen molar-refractivity contribution in [3.63, 3.8) is 0 Å². The fourth-order valence-electron chi connectivity index (χ4n) is 4.48. The van der Waals surface area contributed by atoms with Crippen LogP contribution >= 0.6 is 0 Å². The van der Waals surface area contributed by atoms with Crippen LogP contribution in [0.2, 0.25) is 0 Å². The molecule has 2 aromatic rings. The number of pyridine rings is 1. The van der Waals surface area contributed by atoms with E-state index in [-0.39, 0.29) is 18.5 Å². The molecular formula is C27H32N8O4+. The van der Waals surface area contributed by atoms with Gasteiger partial charge in [-0.25, -0.2) is 9.78 Å². The Labute approximate surface area is 226 Å². The third kappa shape index (κ3) is 6.08. The molecule has 0 aliphatic carbocycles. The highest BCUT2D eigenvalue weighted by atomic mass is 16.5. The number of urea groups is 1. The molecule has 0 saturated carbocycles. The van der Waals surface area contributed by atoms with E-state index in [0.717, 1.165) is 22.8 Å². The van der Waals surface area contributed by atoms with Crippen LogP contribution in [-0.4, -0.2) is 78.4 Å². The molecule has 4 N–H and O–H groups in total. The second-order valence-corrected chi connectivity index (χ2v) is 9.47. The maximum Gasteiger partial charge on any atom is 0.319 e. The minimum Gasteiger partial charge on any atom is -0.392 e. The number of hydrogen-bond acceptors (Lipinski definition) is 9. The summed E-state index contributed by atoms with van der Waals surface area (Å²) in [7, 11) is 0. The van der Waals surface area contributed by atoms with E-state index >= 15 is 0 Å². The Morgan fingerprint density at radius 1 is 1.21 bits per heavy atom. The Bertz CT molecular complexity index is 1320. The summed E-state index contributed by atoms with van der Waals surface area (Å²) < 4.78 is 5.33. The smallest absolute Gasteiger partial charge is 0.319 e. The number of carbonyl (C=O) groups is 2. The highest BCUT2D eigenvalue weighted by molar-refractivity contribution is 6.06. The number of aliphatic imine (C=N–C) groups is 1. The number of rotatable bonds is 7. The van der Waals surface area contributed by atoms with E-state index in [4.69, 9.17) is 4.74 Å². The summed E-state index contributed by atoms with van der Waals surface area (Å²) in [6, 6.07) is 8.86. The Balaban J connectivity index is 1.33. The molecule has 1 atom stereocenters. The van der Waals surface area contributed by atoms with Gasteiger partial charge in [0.15, 0.2) is 6.20 Å². The molecule has 39 heavy (non-hydrogen) atoms. The molecule has 5 rings (SSSR count). The van der Waals surface area contributed by atoms with Gasteiger partial charge < -0.3 is 30.7 Å². The summed E-state index contributed by atoms with van der Waals surface area (Å²) in [6.45, 7) is 6.48. The first-order chi connectivity index (χ1) is 18.9. The number of carbonyl (C=O) groups excluding carboxylic acids is 2. The van der Waals surface area contributed by atoms with Crippen molar-refractivity contribution in [2.75, 3.05) is 55.1 Å². The lowest BCUT2D eigenvalue weighted by atomic mass is 10.1. The molecule has 12 heteroatoms. The van der Waals surface area contributed by atoms with Crippen molar-refractivity contribution < 1.29 is 19.4 Å². The van der Waals surface area contributed by atoms with Gasteiger partial charge in [0.25, 0.3) is 5.91 Å². The van der Waals surface area contributed by atoms with E-state index in [1.165, 1.54) is 0 Å². The van der Waals surface area contributed by atoms with Gasteiger partial charge in [-0.15, -0.1) is 0 Å². The lowest BCUT2D eigenvalue weighted by Crippen LogP contribution is -2.46. The van der Waals surface area contributed by atoms with E-state index < -0.39 is 6.10 Å². The molecule has 3 amide bonds. The number of ether oxygens (including phenoxy) is 1. The molecule has 1 radical (unpaired) electrons. The van der Waals surface area contributed by atoms with E-state index in [0.29, 0.717) is 50.0 Å². The SMILES string of the molecule is Cc1c(NC(=O)NC[C@H](C)O)cccc1N1C=C(Nc2ccc(C(=O)N3CCOCC3)cn2)C2=NC=C[N+]2C1. The van der Waals surface area contributed by atoms with Crippen molar-refractivity contribution in [1.82, 2.24) is 20.1 Å². The number of amidine groups is 1. The first kappa shape index (κ1) is 26.4. The number of aromatic nitrogens is 1. The molecule has 1 saturated heterocycles. The number of aliphatic hydroxyl groups excluding tert-OH is 1. The first-order valence-corrected chi connectivity index (χ1v) is 12.8. The monoisotopic (exact) mass is 532 g/mol. The van der Waals surface area contributed by atoms with E-state index in [1.807, 2.05) is 42.4 Å². The Hall–Kier alpha value is -4.26. The highest BCUT2D eigenvalue weighted by Crippen LogP contribution is 2.30. The number of nitrogens with zero attached hydrogens (tertiary/aromatic N) is 5. The van der Waals surface area contributed by atoms with Crippen LogP contribution < -0.4 is 25.8 Å². The molecule has 12 nitrogen and oxygen atoms in total. The van der Waals surface area contributed by atoms with Crippen LogP contribution in [0.5, 0.6) is 0 Å². The third-order valence-corrected chi connectivity index (χ3v) is 6.54. The van der Waals surface area contributed by atoms with Gasteiger partial charge in [-0.3, -0.25) is 9.69 Å². The zero-order valence-corrected chi connectivity index (χ0v) is 21.9. The largest absolute Gasteiger partial charge is 0.392 e. The standard InChI is InChI=1S/C27H32N8O4/c1-18(36)14-30-27(38)32-21-4-3-5-23(19(21)2)35-16-22(25-28-8-9-34(25)17-35)31-24-7-6-20(15-29-24)26(37)33-10-12-39-13-11-33/h3-9,15-16,18,36H,10-14,17H2,1-2H3,(H,29,31)(H2,30,32,38)/q+1/t18-/m0/s1. The zero-order valence-electron chi connectivity index (χ0n) is 21.9. The Morgan fingerprint density at radius 3 is 2.77 bits per heavy atom. The summed E-state index contributed by atoms with van der Waals surface area (Å²) >= 11 is 0. The molecular weight excluding hydrogens is 500 g/mol. The molecule has 3 aliphatic heterocycles. The van der Waals surface area contributed by atoms with Gasteiger partial charge in [-0.1, -0.05) is 11.0 Å². The summed E-state index contributed by atoms with van der Waals surface area (Å²) in [5.41, 5.74) is 3.71. The molecule has 4 heterocycles. The van der Waals surface area contributed by atoms with Crippen molar-refractivity contribution in [3.05, 3.63) is 72.0 Å². The number of amides is 3. The number of benzene rings is 1. The van der Waals surface area contributed by atoms with Crippen molar-refractivity contribution in [2.45, 2.75) is 20.0 Å². The van der Waals surface area contributed by atoms with Crippen LogP contribution in [0.4, 0.5) is 22.0 Å². The summed E-state index contributed by atoms with van der Waals surface area (Å²) in [5.74, 6) is 1.28. The fourth-order valence-corrected chi connectivity index (χ4v) is 4.48. The topological polar surface area (TPSA) is 137 Å². The second-order valence-electron chi connectivity index (χ2n) is 9.47. The number of morpholine rings is 1. The van der Waals surface area contributed by atoms with Gasteiger partial charge in [0, 0.05) is 37.7 Å². The van der Waals surface area contributed by atoms with Gasteiger partial charge >= 0.3 is 11.9 Å². The Morgan fingerprint density at radius 2 is 2.03 bits per heavy atom. The quantitative estimate of drug-likeness (QED) is 0.401. The average molecular weight is 533 g/mol. The normalized spacial score (nSPS) is 17.7. The summed E-state index contributed by atoms with van der Waals surface area (Å²) in [5, 5.41) is 18.3. The van der Waals surface area contributed by atoms with Crippen LogP contribution in [-0.2, 0) is 4.74 Å². The molecule has 1 aromatic carbocycles. The lowest BCUT2D eigenvalue weighted by molar-refractivity contribution is 0.0302. The maximum absolute atomic E-state index is 12.8. The fraction of sp³-hybridized carbons (Fsp3) is 0.333. The Kier molecular flexibility index (Phi) is 7.87. The number of anilines is 3. The predicted molar refractivity (Wildman–Crippen MR) is 149 cm³/mol. The molecule has 0 unspecified atom stereocenters. The van der Waals surface area contributed by atoms with Crippen molar-refractivity contribution >= 4 is 35.0 Å². The minimum atomic E-state index is -0.632. The van der Waals surface area contributed by atoms with Gasteiger partial charge in [0.05, 0.1) is 36.8 Å². The summed E-state index contributed by atoms with van der Waals surface area (Å²) in [4.78, 5) is 39.9. The van der Waals surface area contributed by atoms with Crippen LogP contribution in [0.25, 0.3) is 0 Å². The van der Waals surface area contributed by atoms with Crippen LogP contribution in [0.1, 0.15) is 22.8 Å². The first-order valence-electron chi connectivity index (χ1n) is 12.8. The van der Waals surface area contributed by atoms with E-state index in [2.05, 4.69) is 30.8 Å². The highest BCUT2D eigenvalue weighted by Gasteiger charge is 2.36. The third-order valence-electron chi connectivity index (χ3n) is 6.54. The number of fused-ring (bicyclic) bond motifs is 1. The number of nitrogens with one attached hydrogen (secondary N) is 3. The average Bonchev–Trinajstić information content (AvgIpc) is 3.43. The molecule has 1 fully saturated rings. The molecule has 0 bridgehead atoms. The van der Waals surface area contributed by atoms with Gasteiger partial charge in [0.1, 0.15) is 11.5 Å². The number of hydrogen-bond donors (Lipinski definition) is 4. The molecule has 1 aromatic heterocycles. The van der Waals surface area contributed by atoms with Crippen molar-refractivity contribution in [2.24, 2.45) is 4.99 Å². The minimum absolute atomic E-state index is 0.0560. The molecule has 3 aliphatic rings. The van der Waals surface area contributed by atoms with Crippen LogP contribution in [0, 0.1) is 6.92 Å².